The third-order valence-electron chi connectivity index (χ3n) is 7.89. The van der Waals surface area contributed by atoms with Crippen LogP contribution in [0.25, 0.3) is 98.8 Å². The van der Waals surface area contributed by atoms with Gasteiger partial charge in [-0.25, -0.2) is 0 Å². The Morgan fingerprint density at radius 2 is 0.878 bits per heavy atom. The van der Waals surface area contributed by atoms with E-state index in [4.69, 9.17) is 31.8 Å². The maximum absolute atomic E-state index is 10.1. The molecule has 0 spiro atoms. The monoisotopic (exact) mass is 652 g/mol. The molecule has 228 valence electrons. The van der Waals surface area contributed by atoms with Crippen LogP contribution in [-0.4, -0.2) is 0 Å². The van der Waals surface area contributed by atoms with E-state index in [9.17, 15) is 13.7 Å². The molecule has 10 rings (SSSR count). The number of rotatable bonds is 4. The number of furan rings is 1. The van der Waals surface area contributed by atoms with Crippen LogP contribution < -0.4 is 0 Å². The van der Waals surface area contributed by atoms with Gasteiger partial charge in [-0.3, -0.25) is 0 Å². The first kappa shape index (κ1) is 11.1. The zero-order valence-electron chi connectivity index (χ0n) is 54.4. The van der Waals surface area contributed by atoms with Gasteiger partial charge in [-0.15, -0.1) is 0 Å². The predicted octanol–water partition coefficient (Wildman–Crippen LogP) is 13.7. The van der Waals surface area contributed by atoms with Crippen LogP contribution in [0.15, 0.2) is 186 Å². The summed E-state index contributed by atoms with van der Waals surface area (Å²) < 4.78 is 277. The molecular weight excluding hydrogens is 593 g/mol. The van der Waals surface area contributed by atoms with Gasteiger partial charge in [0.2, 0.25) is 0 Å². The van der Waals surface area contributed by atoms with E-state index < -0.39 is 280 Å². The summed E-state index contributed by atoms with van der Waals surface area (Å²) in [7, 11) is 0. The Labute approximate surface area is 326 Å². The second-order valence-corrected chi connectivity index (χ2v) is 10.5. The molecule has 0 atom stereocenters. The molecule has 9 aromatic carbocycles. The normalized spacial score (nSPS) is 20.2. The van der Waals surface area contributed by atoms with E-state index in [-0.39, 0.29) is 0 Å². The largest absolute Gasteiger partial charge is 0.456 e. The molecule has 0 amide bonds. The zero-order chi connectivity index (χ0) is 58.4. The van der Waals surface area contributed by atoms with E-state index in [1.807, 2.05) is 0 Å². The van der Waals surface area contributed by atoms with Gasteiger partial charge in [-0.05, 0) is 101 Å². The SMILES string of the molecule is [2H]c1c([2H])c([2H])c(-c2c([2H])c([2H])c(-c3c4c([2H])c([2H])c([2H])c([2H])c4c(-c4c([2H])c([2H])c([2H])c5oc6c([2H])c7c([2H])c([2H])c([2H])c([2H])c7c([2H])c6c45)c4c([2H])c([2H])c([2H])c([2H])c34)c([2H])c2-c2c([2H])c([2H])c([2H])c([2H])c2[2H])c([2H])c1[2H]. The molecule has 1 nitrogen and oxygen atoms in total. The summed E-state index contributed by atoms with van der Waals surface area (Å²) in [6.45, 7) is 0. The number of hydrogen-bond donors (Lipinski definition) is 0. The maximum Gasteiger partial charge on any atom is 0.136 e. The van der Waals surface area contributed by atoms with Crippen molar-refractivity contribution in [1.29, 1.82) is 0 Å². The van der Waals surface area contributed by atoms with E-state index in [1.54, 1.807) is 0 Å². The van der Waals surface area contributed by atoms with Gasteiger partial charge in [-0.2, -0.15) is 0 Å². The molecule has 0 bridgehead atoms. The molecule has 1 aromatic heterocycles. The molecule has 0 aliphatic rings. The van der Waals surface area contributed by atoms with Crippen molar-refractivity contribution >= 4 is 54.3 Å². The standard InChI is InChI=1S/C48H30O/c1-3-14-31(15-4-1)36-27-26-35(29-42(36)32-16-5-2-6-17-32)46-37-20-9-11-22-39(37)47(40-23-12-10-21-38(40)46)41-24-13-25-44-48(41)43-28-33-18-7-8-19-34(33)30-45(43)49-44/h1-30H/i1D,2D,3D,4D,5D,6D,7D,8D,9D,10D,11D,12D,13D,14D,15D,16D,17D,18D,19D,20D,21D,22D,23D,24D,25D,26D,27D,28D,29D,30D. The van der Waals surface area contributed by atoms with Crippen molar-refractivity contribution in [3.63, 3.8) is 0 Å². The highest BCUT2D eigenvalue weighted by Crippen LogP contribution is 2.48. The molecular formula is C48H30O. The fourth-order valence-electron chi connectivity index (χ4n) is 5.89. The minimum atomic E-state index is -1.20. The molecule has 49 heavy (non-hydrogen) atoms. The fourth-order valence-corrected chi connectivity index (χ4v) is 5.89. The van der Waals surface area contributed by atoms with Crippen LogP contribution in [0.5, 0.6) is 0 Å². The third-order valence-corrected chi connectivity index (χ3v) is 7.89. The van der Waals surface area contributed by atoms with Gasteiger partial charge in [0.15, 0.2) is 0 Å². The van der Waals surface area contributed by atoms with E-state index in [1.165, 1.54) is 0 Å². The van der Waals surface area contributed by atoms with Crippen LogP contribution in [0, 0.1) is 0 Å². The molecule has 0 saturated heterocycles. The first-order valence-electron chi connectivity index (χ1n) is 29.4. The van der Waals surface area contributed by atoms with Gasteiger partial charge in [0.25, 0.3) is 0 Å². The fraction of sp³-hybridized carbons (Fsp3) is 0. The van der Waals surface area contributed by atoms with Gasteiger partial charge >= 0.3 is 0 Å². The molecule has 0 fully saturated rings. The Kier molecular flexibility index (Phi) is 2.50. The van der Waals surface area contributed by atoms with Crippen LogP contribution in [-0.2, 0) is 0 Å². The first-order valence-corrected chi connectivity index (χ1v) is 14.4. The minimum Gasteiger partial charge on any atom is -0.456 e. The Morgan fingerprint density at radius 1 is 0.327 bits per heavy atom. The van der Waals surface area contributed by atoms with Crippen LogP contribution in [0.4, 0.5) is 0 Å². The van der Waals surface area contributed by atoms with Crippen molar-refractivity contribution in [1.82, 2.24) is 0 Å². The molecule has 0 aliphatic carbocycles. The van der Waals surface area contributed by atoms with Crippen molar-refractivity contribution in [2.24, 2.45) is 0 Å². The minimum absolute atomic E-state index is 0.511. The zero-order valence-corrected chi connectivity index (χ0v) is 24.4. The first-order chi connectivity index (χ1) is 36.8. The van der Waals surface area contributed by atoms with E-state index in [0.29, 0.717) is 0 Å². The summed E-state index contributed by atoms with van der Waals surface area (Å²) >= 11 is 0. The summed E-state index contributed by atoms with van der Waals surface area (Å²) in [5.74, 6) is 0. The molecule has 10 aromatic rings. The van der Waals surface area contributed by atoms with Crippen molar-refractivity contribution in [2.45, 2.75) is 0 Å². The summed E-state index contributed by atoms with van der Waals surface area (Å²) in [6.07, 6.45) is 0. The van der Waals surface area contributed by atoms with Crippen molar-refractivity contribution in [3.05, 3.63) is 181 Å². The highest BCUT2D eigenvalue weighted by atomic mass is 16.3. The molecule has 0 N–H and O–H groups in total. The summed E-state index contributed by atoms with van der Waals surface area (Å²) in [5.41, 5.74) is -8.43. The van der Waals surface area contributed by atoms with E-state index >= 15 is 0 Å². The van der Waals surface area contributed by atoms with Crippen LogP contribution >= 0.6 is 0 Å². The molecule has 1 heteroatoms. The lowest BCUT2D eigenvalue weighted by atomic mass is 9.83. The summed E-state index contributed by atoms with van der Waals surface area (Å²) in [4.78, 5) is 0. The number of benzene rings is 9. The predicted molar refractivity (Wildman–Crippen MR) is 208 cm³/mol. The topological polar surface area (TPSA) is 13.1 Å². The lowest BCUT2D eigenvalue weighted by Gasteiger charge is -2.19. The average molecular weight is 653 g/mol. The second kappa shape index (κ2) is 11.1. The van der Waals surface area contributed by atoms with Gasteiger partial charge < -0.3 is 4.42 Å². The lowest BCUT2D eigenvalue weighted by Crippen LogP contribution is -1.93. The highest BCUT2D eigenvalue weighted by molar-refractivity contribution is 6.26. The summed E-state index contributed by atoms with van der Waals surface area (Å²) in [5, 5.41) is -5.53. The Hall–Kier alpha value is -6.44. The van der Waals surface area contributed by atoms with Gasteiger partial charge in [-0.1, -0.05) is 157 Å². The summed E-state index contributed by atoms with van der Waals surface area (Å²) in [6, 6.07) is -30.0. The maximum atomic E-state index is 10.1. The van der Waals surface area contributed by atoms with Crippen LogP contribution in [0.1, 0.15) is 41.1 Å². The third kappa shape index (κ3) is 4.40. The van der Waals surface area contributed by atoms with Gasteiger partial charge in [0.05, 0.1) is 41.1 Å². The average Bonchev–Trinajstić information content (AvgIpc) is 3.85. The van der Waals surface area contributed by atoms with Crippen LogP contribution in [0.3, 0.4) is 0 Å². The molecule has 0 aliphatic heterocycles. The van der Waals surface area contributed by atoms with Crippen molar-refractivity contribution in [3.8, 4) is 44.5 Å². The number of fused-ring (bicyclic) bond motifs is 6. The molecule has 0 unspecified atom stereocenters. The van der Waals surface area contributed by atoms with Crippen LogP contribution in [0.2, 0.25) is 0 Å². The van der Waals surface area contributed by atoms with Gasteiger partial charge in [0, 0.05) is 10.8 Å². The smallest absolute Gasteiger partial charge is 0.136 e. The molecule has 0 radical (unpaired) electrons. The number of hydrogen-bond acceptors (Lipinski definition) is 1. The van der Waals surface area contributed by atoms with Gasteiger partial charge in [0.1, 0.15) is 11.2 Å². The van der Waals surface area contributed by atoms with E-state index in [2.05, 4.69) is 0 Å². The Balaban J connectivity index is 1.56. The quantitative estimate of drug-likeness (QED) is 0.172. The Bertz CT molecular complexity index is 4460. The highest BCUT2D eigenvalue weighted by Gasteiger charge is 2.21. The second-order valence-electron chi connectivity index (χ2n) is 10.5. The lowest BCUT2D eigenvalue weighted by molar-refractivity contribution is 0.669. The van der Waals surface area contributed by atoms with Crippen molar-refractivity contribution in [2.75, 3.05) is 0 Å². The molecule has 0 saturated carbocycles. The van der Waals surface area contributed by atoms with E-state index in [0.717, 1.165) is 0 Å². The molecule has 1 heterocycles. The Morgan fingerprint density at radius 3 is 1.53 bits per heavy atom. The van der Waals surface area contributed by atoms with Crippen molar-refractivity contribution < 1.29 is 45.5 Å².